The molecule has 0 aliphatic heterocycles. The normalized spacial score (nSPS) is 10.2. The fourth-order valence-corrected chi connectivity index (χ4v) is 2.26. The van der Waals surface area contributed by atoms with Crippen molar-refractivity contribution in [3.05, 3.63) is 57.8 Å². The number of amides is 1. The average molecular weight is 337 g/mol. The minimum absolute atomic E-state index is 0.189. The van der Waals surface area contributed by atoms with Crippen LogP contribution in [0.2, 0.25) is 0 Å². The first-order valence-corrected chi connectivity index (χ1v) is 6.86. The second kappa shape index (κ2) is 6.05. The lowest BCUT2D eigenvalue weighted by molar-refractivity contribution is 0.102. The molecule has 0 unspecified atom stereocenters. The Morgan fingerprint density at radius 1 is 1.20 bits per heavy atom. The van der Waals surface area contributed by atoms with Crippen molar-refractivity contribution in [3.63, 3.8) is 0 Å². The van der Waals surface area contributed by atoms with E-state index < -0.39 is 5.82 Å². The Morgan fingerprint density at radius 3 is 2.60 bits per heavy atom. The predicted molar refractivity (Wildman–Crippen MR) is 82.8 cm³/mol. The fraction of sp³-hybridized carbons (Fsp3) is 0.133. The number of nitrogens with one attached hydrogen (secondary N) is 2. The van der Waals surface area contributed by atoms with E-state index in [1.165, 1.54) is 12.1 Å². The minimum atomic E-state index is -0.455. The van der Waals surface area contributed by atoms with E-state index >= 15 is 0 Å². The van der Waals surface area contributed by atoms with Crippen molar-refractivity contribution in [3.8, 4) is 0 Å². The first kappa shape index (κ1) is 14.5. The SMILES string of the molecule is CNc1c(F)cccc1C(=O)Nc1cccc(C)c1Br. The first-order chi connectivity index (χ1) is 9.54. The predicted octanol–water partition coefficient (Wildman–Crippen LogP) is 4.19. The van der Waals surface area contributed by atoms with Crippen LogP contribution in [0.15, 0.2) is 40.9 Å². The molecular formula is C15H14BrFN2O. The molecular weight excluding hydrogens is 323 g/mol. The summed E-state index contributed by atoms with van der Waals surface area (Å²) >= 11 is 3.43. The Bertz CT molecular complexity index is 658. The van der Waals surface area contributed by atoms with Gasteiger partial charge in [0.2, 0.25) is 0 Å². The Kier molecular flexibility index (Phi) is 4.39. The van der Waals surface area contributed by atoms with Crippen molar-refractivity contribution in [2.75, 3.05) is 17.7 Å². The Morgan fingerprint density at radius 2 is 1.90 bits per heavy atom. The number of hydrogen-bond acceptors (Lipinski definition) is 2. The van der Waals surface area contributed by atoms with Gasteiger partial charge in [0.05, 0.1) is 16.9 Å². The molecule has 0 saturated heterocycles. The number of benzene rings is 2. The molecule has 2 aromatic rings. The van der Waals surface area contributed by atoms with Gasteiger partial charge >= 0.3 is 0 Å². The van der Waals surface area contributed by atoms with Gasteiger partial charge in [-0.05, 0) is 46.6 Å². The van der Waals surface area contributed by atoms with E-state index in [0.717, 1.165) is 10.0 Å². The summed E-state index contributed by atoms with van der Waals surface area (Å²) in [7, 11) is 1.58. The summed E-state index contributed by atoms with van der Waals surface area (Å²) in [4.78, 5) is 12.3. The van der Waals surface area contributed by atoms with Gasteiger partial charge in [0.25, 0.3) is 5.91 Å². The van der Waals surface area contributed by atoms with Crippen LogP contribution in [0.3, 0.4) is 0 Å². The third kappa shape index (κ3) is 2.82. The highest BCUT2D eigenvalue weighted by Crippen LogP contribution is 2.27. The average Bonchev–Trinajstić information content (AvgIpc) is 2.43. The van der Waals surface area contributed by atoms with E-state index in [9.17, 15) is 9.18 Å². The molecule has 2 N–H and O–H groups in total. The van der Waals surface area contributed by atoms with Crippen molar-refractivity contribution in [1.82, 2.24) is 0 Å². The molecule has 0 radical (unpaired) electrons. The van der Waals surface area contributed by atoms with Crippen LogP contribution in [0.1, 0.15) is 15.9 Å². The van der Waals surface area contributed by atoms with Crippen LogP contribution in [0.25, 0.3) is 0 Å². The lowest BCUT2D eigenvalue weighted by Gasteiger charge is -2.12. The Balaban J connectivity index is 2.34. The van der Waals surface area contributed by atoms with E-state index in [4.69, 9.17) is 0 Å². The number of carbonyl (C=O) groups excluding carboxylic acids is 1. The number of hydrogen-bond donors (Lipinski definition) is 2. The fourth-order valence-electron chi connectivity index (χ4n) is 1.90. The quantitative estimate of drug-likeness (QED) is 0.882. The standard InChI is InChI=1S/C15H14BrFN2O/c1-9-5-3-8-12(13(9)16)19-15(20)10-6-4-7-11(17)14(10)18-2/h3-8,18H,1-2H3,(H,19,20). The second-order valence-corrected chi connectivity index (χ2v) is 5.10. The molecule has 0 heterocycles. The number of carbonyl (C=O) groups is 1. The molecule has 2 rings (SSSR count). The highest BCUT2D eigenvalue weighted by atomic mass is 79.9. The number of rotatable bonds is 3. The summed E-state index contributed by atoms with van der Waals surface area (Å²) in [5.41, 5.74) is 2.12. The van der Waals surface area contributed by atoms with Gasteiger partial charge in [0.1, 0.15) is 5.82 Å². The van der Waals surface area contributed by atoms with E-state index in [0.29, 0.717) is 5.69 Å². The number of halogens is 2. The van der Waals surface area contributed by atoms with E-state index in [2.05, 4.69) is 26.6 Å². The summed E-state index contributed by atoms with van der Waals surface area (Å²) in [6.45, 7) is 1.93. The maximum Gasteiger partial charge on any atom is 0.257 e. The topological polar surface area (TPSA) is 41.1 Å². The largest absolute Gasteiger partial charge is 0.385 e. The van der Waals surface area contributed by atoms with Gasteiger partial charge in [0, 0.05) is 11.5 Å². The molecule has 0 aliphatic carbocycles. The van der Waals surface area contributed by atoms with Crippen molar-refractivity contribution in [2.45, 2.75) is 6.92 Å². The minimum Gasteiger partial charge on any atom is -0.385 e. The van der Waals surface area contributed by atoms with E-state index in [1.54, 1.807) is 19.2 Å². The number of anilines is 2. The van der Waals surface area contributed by atoms with Gasteiger partial charge in [-0.3, -0.25) is 4.79 Å². The van der Waals surface area contributed by atoms with Gasteiger partial charge < -0.3 is 10.6 Å². The third-order valence-corrected chi connectivity index (χ3v) is 4.00. The zero-order chi connectivity index (χ0) is 14.7. The number of aryl methyl sites for hydroxylation is 1. The zero-order valence-electron chi connectivity index (χ0n) is 11.1. The Labute approximate surface area is 125 Å². The molecule has 0 aromatic heterocycles. The van der Waals surface area contributed by atoms with Crippen molar-refractivity contribution in [2.24, 2.45) is 0 Å². The monoisotopic (exact) mass is 336 g/mol. The molecule has 1 amide bonds. The van der Waals surface area contributed by atoms with Crippen LogP contribution in [0.5, 0.6) is 0 Å². The molecule has 0 aliphatic rings. The van der Waals surface area contributed by atoms with Gasteiger partial charge in [-0.15, -0.1) is 0 Å². The van der Waals surface area contributed by atoms with Gasteiger partial charge in [-0.2, -0.15) is 0 Å². The molecule has 5 heteroatoms. The van der Waals surface area contributed by atoms with Crippen LogP contribution in [-0.2, 0) is 0 Å². The summed E-state index contributed by atoms with van der Waals surface area (Å²) in [6.07, 6.45) is 0. The summed E-state index contributed by atoms with van der Waals surface area (Å²) in [5.74, 6) is -0.816. The maximum absolute atomic E-state index is 13.6. The summed E-state index contributed by atoms with van der Waals surface area (Å²) in [6, 6.07) is 9.96. The van der Waals surface area contributed by atoms with Crippen LogP contribution in [0.4, 0.5) is 15.8 Å². The van der Waals surface area contributed by atoms with Gasteiger partial charge in [-0.25, -0.2) is 4.39 Å². The lowest BCUT2D eigenvalue weighted by atomic mass is 10.1. The van der Waals surface area contributed by atoms with E-state index in [-0.39, 0.29) is 17.2 Å². The van der Waals surface area contributed by atoms with Gasteiger partial charge in [0.15, 0.2) is 0 Å². The molecule has 0 saturated carbocycles. The Hall–Kier alpha value is -1.88. The zero-order valence-corrected chi connectivity index (χ0v) is 12.7. The van der Waals surface area contributed by atoms with Crippen molar-refractivity contribution >= 4 is 33.2 Å². The molecule has 0 bridgehead atoms. The van der Waals surface area contributed by atoms with Crippen LogP contribution in [0, 0.1) is 12.7 Å². The molecule has 0 spiro atoms. The van der Waals surface area contributed by atoms with Crippen LogP contribution < -0.4 is 10.6 Å². The molecule has 0 fully saturated rings. The highest BCUT2D eigenvalue weighted by Gasteiger charge is 2.15. The second-order valence-electron chi connectivity index (χ2n) is 4.30. The molecule has 3 nitrogen and oxygen atoms in total. The maximum atomic E-state index is 13.6. The van der Waals surface area contributed by atoms with Crippen LogP contribution >= 0.6 is 15.9 Å². The molecule has 20 heavy (non-hydrogen) atoms. The number of para-hydroxylation sites is 1. The summed E-state index contributed by atoms with van der Waals surface area (Å²) in [5, 5.41) is 5.49. The highest BCUT2D eigenvalue weighted by molar-refractivity contribution is 9.10. The first-order valence-electron chi connectivity index (χ1n) is 6.07. The smallest absolute Gasteiger partial charge is 0.257 e. The summed E-state index contributed by atoms with van der Waals surface area (Å²) < 4.78 is 14.5. The van der Waals surface area contributed by atoms with Gasteiger partial charge in [-0.1, -0.05) is 18.2 Å². The van der Waals surface area contributed by atoms with Crippen molar-refractivity contribution in [1.29, 1.82) is 0 Å². The third-order valence-electron chi connectivity index (χ3n) is 2.95. The molecule has 0 atom stereocenters. The van der Waals surface area contributed by atoms with Crippen LogP contribution in [-0.4, -0.2) is 13.0 Å². The molecule has 104 valence electrons. The van der Waals surface area contributed by atoms with Crippen molar-refractivity contribution < 1.29 is 9.18 Å². The van der Waals surface area contributed by atoms with E-state index in [1.807, 2.05) is 19.1 Å². The lowest BCUT2D eigenvalue weighted by Crippen LogP contribution is -2.15. The molecule has 2 aromatic carbocycles.